The van der Waals surface area contributed by atoms with E-state index in [-0.39, 0.29) is 23.5 Å². The predicted molar refractivity (Wildman–Crippen MR) is 92.4 cm³/mol. The Labute approximate surface area is 146 Å². The molecule has 1 amide bonds. The fraction of sp³-hybridized carbons (Fsp3) is 0.526. The second-order valence-corrected chi connectivity index (χ2v) is 8.41. The number of amides is 1. The van der Waals surface area contributed by atoms with E-state index < -0.39 is 0 Å². The number of aromatic nitrogens is 3. The number of nitrogens with zero attached hydrogens (tertiary/aromatic N) is 4. The summed E-state index contributed by atoms with van der Waals surface area (Å²) in [4.78, 5) is 15.0. The molecular formula is C19H22N4O2. The van der Waals surface area contributed by atoms with Crippen molar-refractivity contribution in [2.24, 2.45) is 11.8 Å². The van der Waals surface area contributed by atoms with Gasteiger partial charge in [-0.05, 0) is 12.1 Å². The molecule has 0 spiro atoms. The minimum absolute atomic E-state index is 0.0873. The fourth-order valence-corrected chi connectivity index (χ4v) is 4.40. The van der Waals surface area contributed by atoms with Gasteiger partial charge >= 0.3 is 0 Å². The largest absolute Gasteiger partial charge is 0.366 e. The summed E-state index contributed by atoms with van der Waals surface area (Å²) < 4.78 is 7.85. The number of ether oxygens (including phenoxy) is 1. The Morgan fingerprint density at radius 2 is 1.80 bits per heavy atom. The van der Waals surface area contributed by atoms with Gasteiger partial charge in [0.2, 0.25) is 0 Å². The molecule has 2 bridgehead atoms. The molecule has 2 saturated heterocycles. The van der Waals surface area contributed by atoms with Gasteiger partial charge in [-0.2, -0.15) is 0 Å². The molecule has 2 aromatic rings. The van der Waals surface area contributed by atoms with Crippen molar-refractivity contribution >= 4 is 11.6 Å². The first-order valence-electron chi connectivity index (χ1n) is 8.90. The van der Waals surface area contributed by atoms with Crippen molar-refractivity contribution in [2.75, 3.05) is 13.1 Å². The number of pyridine rings is 1. The highest BCUT2D eigenvalue weighted by Crippen LogP contribution is 2.43. The monoisotopic (exact) mass is 338 g/mol. The van der Waals surface area contributed by atoms with E-state index in [9.17, 15) is 4.79 Å². The average Bonchev–Trinajstić information content (AvgIpc) is 3.31. The van der Waals surface area contributed by atoms with Gasteiger partial charge < -0.3 is 9.64 Å². The number of likely N-dealkylation sites (tertiary alicyclic amines) is 1. The third-order valence-corrected chi connectivity index (χ3v) is 5.67. The van der Waals surface area contributed by atoms with Crippen molar-refractivity contribution in [3.8, 4) is 0 Å². The van der Waals surface area contributed by atoms with E-state index in [1.54, 1.807) is 0 Å². The lowest BCUT2D eigenvalue weighted by atomic mass is 9.86. The van der Waals surface area contributed by atoms with E-state index in [0.29, 0.717) is 17.4 Å². The molecule has 4 unspecified atom stereocenters. The summed E-state index contributed by atoms with van der Waals surface area (Å²) in [6, 6.07) is 3.73. The van der Waals surface area contributed by atoms with E-state index in [1.165, 1.54) is 0 Å². The van der Waals surface area contributed by atoms with Crippen molar-refractivity contribution < 1.29 is 9.53 Å². The topological polar surface area (TPSA) is 59.7 Å². The van der Waals surface area contributed by atoms with E-state index in [1.807, 2.05) is 27.6 Å². The summed E-state index contributed by atoms with van der Waals surface area (Å²) in [5.41, 5.74) is 1.34. The van der Waals surface area contributed by atoms with Gasteiger partial charge in [-0.15, -0.1) is 10.2 Å². The molecule has 5 rings (SSSR count). The summed E-state index contributed by atoms with van der Waals surface area (Å²) in [6.07, 6.45) is 6.58. The maximum absolute atomic E-state index is 13.0. The molecule has 0 radical (unpaired) electrons. The Balaban J connectivity index is 1.45. The average molecular weight is 338 g/mol. The maximum Gasteiger partial charge on any atom is 0.255 e. The maximum atomic E-state index is 13.0. The van der Waals surface area contributed by atoms with Gasteiger partial charge in [-0.25, -0.2) is 0 Å². The van der Waals surface area contributed by atoms with E-state index in [0.717, 1.165) is 24.6 Å². The molecule has 25 heavy (non-hydrogen) atoms. The van der Waals surface area contributed by atoms with Crippen LogP contribution >= 0.6 is 0 Å². The zero-order chi connectivity index (χ0) is 17.3. The van der Waals surface area contributed by atoms with E-state index in [2.05, 4.69) is 43.1 Å². The molecule has 0 N–H and O–H groups in total. The van der Waals surface area contributed by atoms with Gasteiger partial charge in [0.25, 0.3) is 5.91 Å². The fourth-order valence-electron chi connectivity index (χ4n) is 4.40. The Bertz CT molecular complexity index is 874. The number of hydrogen-bond acceptors (Lipinski definition) is 4. The smallest absolute Gasteiger partial charge is 0.255 e. The number of carbonyl (C=O) groups excluding carboxylic acids is 1. The van der Waals surface area contributed by atoms with Crippen molar-refractivity contribution in [3.63, 3.8) is 0 Å². The molecule has 4 atom stereocenters. The van der Waals surface area contributed by atoms with Gasteiger partial charge in [0.05, 0.1) is 17.8 Å². The van der Waals surface area contributed by atoms with Gasteiger partial charge in [0, 0.05) is 36.5 Å². The van der Waals surface area contributed by atoms with Crippen LogP contribution in [0.2, 0.25) is 0 Å². The van der Waals surface area contributed by atoms with Crippen LogP contribution in [0.4, 0.5) is 0 Å². The molecule has 0 aliphatic carbocycles. The molecule has 2 aromatic heterocycles. The first-order valence-corrected chi connectivity index (χ1v) is 8.90. The van der Waals surface area contributed by atoms with Gasteiger partial charge in [-0.3, -0.25) is 9.20 Å². The van der Waals surface area contributed by atoms with Crippen molar-refractivity contribution in [1.29, 1.82) is 0 Å². The van der Waals surface area contributed by atoms with Crippen LogP contribution in [0.25, 0.3) is 5.65 Å². The van der Waals surface area contributed by atoms with Crippen LogP contribution in [0.1, 0.15) is 37.0 Å². The number of hydrogen-bond donors (Lipinski definition) is 0. The van der Waals surface area contributed by atoms with Gasteiger partial charge in [0.15, 0.2) is 5.65 Å². The predicted octanol–water partition coefficient (Wildman–Crippen LogP) is 2.05. The van der Waals surface area contributed by atoms with Crippen LogP contribution in [-0.4, -0.2) is 50.7 Å². The molecule has 2 fully saturated rings. The lowest BCUT2D eigenvalue weighted by molar-refractivity contribution is 0.0655. The Kier molecular flexibility index (Phi) is 2.96. The first-order chi connectivity index (χ1) is 11.9. The third-order valence-electron chi connectivity index (χ3n) is 5.67. The summed E-state index contributed by atoms with van der Waals surface area (Å²) >= 11 is 0. The standard InChI is InChI=1S/C19H22N4O2/c1-19(2,3)18-21-20-16-7-4-11(8-23(16)18)17(24)22-9-12-13(10-22)15-6-5-14(12)25-15/h4-8,12-15H,9-10H2,1-3H3. The molecule has 3 aliphatic rings. The summed E-state index contributed by atoms with van der Waals surface area (Å²) in [5.74, 6) is 1.85. The third kappa shape index (κ3) is 2.16. The number of rotatable bonds is 1. The highest BCUT2D eigenvalue weighted by Gasteiger charge is 2.51. The molecule has 3 aliphatic heterocycles. The summed E-state index contributed by atoms with van der Waals surface area (Å²) in [7, 11) is 0. The Hall–Kier alpha value is -2.21. The van der Waals surface area contributed by atoms with Crippen LogP contribution in [-0.2, 0) is 10.2 Å². The van der Waals surface area contributed by atoms with Crippen LogP contribution in [0.15, 0.2) is 30.5 Å². The molecule has 6 nitrogen and oxygen atoms in total. The zero-order valence-corrected chi connectivity index (χ0v) is 14.7. The van der Waals surface area contributed by atoms with Crippen molar-refractivity contribution in [1.82, 2.24) is 19.5 Å². The molecule has 5 heterocycles. The number of fused-ring (bicyclic) bond motifs is 6. The van der Waals surface area contributed by atoms with Gasteiger partial charge in [-0.1, -0.05) is 32.9 Å². The minimum atomic E-state index is -0.131. The van der Waals surface area contributed by atoms with Gasteiger partial charge in [0.1, 0.15) is 5.82 Å². The van der Waals surface area contributed by atoms with Crippen LogP contribution in [0, 0.1) is 11.8 Å². The number of carbonyl (C=O) groups is 1. The van der Waals surface area contributed by atoms with E-state index in [4.69, 9.17) is 4.74 Å². The summed E-state index contributed by atoms with van der Waals surface area (Å²) in [5, 5.41) is 8.52. The SMILES string of the molecule is CC(C)(C)c1nnc2ccc(C(=O)N3CC4C5C=CC(O5)C4C3)cn12. The molecule has 0 aromatic carbocycles. The van der Waals surface area contributed by atoms with Crippen molar-refractivity contribution in [3.05, 3.63) is 41.9 Å². The van der Waals surface area contributed by atoms with Crippen molar-refractivity contribution in [2.45, 2.75) is 38.4 Å². The highest BCUT2D eigenvalue weighted by molar-refractivity contribution is 5.94. The lowest BCUT2D eigenvalue weighted by Crippen LogP contribution is -2.31. The van der Waals surface area contributed by atoms with Crippen LogP contribution < -0.4 is 0 Å². The Morgan fingerprint density at radius 3 is 2.44 bits per heavy atom. The van der Waals surface area contributed by atoms with Crippen LogP contribution in [0.5, 0.6) is 0 Å². The first kappa shape index (κ1) is 15.1. The molecule has 6 heteroatoms. The normalized spacial score (nSPS) is 30.4. The second-order valence-electron chi connectivity index (χ2n) is 8.41. The molecular weight excluding hydrogens is 316 g/mol. The minimum Gasteiger partial charge on any atom is -0.366 e. The zero-order valence-electron chi connectivity index (χ0n) is 14.7. The molecule has 130 valence electrons. The Morgan fingerprint density at radius 1 is 1.12 bits per heavy atom. The summed E-state index contributed by atoms with van der Waals surface area (Å²) in [6.45, 7) is 7.86. The van der Waals surface area contributed by atoms with Crippen LogP contribution in [0.3, 0.4) is 0 Å². The highest BCUT2D eigenvalue weighted by atomic mass is 16.5. The lowest BCUT2D eigenvalue weighted by Gasteiger charge is -2.20. The molecule has 0 saturated carbocycles. The second kappa shape index (κ2) is 4.91. The van der Waals surface area contributed by atoms with E-state index >= 15 is 0 Å². The quantitative estimate of drug-likeness (QED) is 0.747.